The molecule has 11 heteroatoms. The molecule has 2 heterocycles. The molecule has 11 nitrogen and oxygen atoms in total. The van der Waals surface area contributed by atoms with Gasteiger partial charge in [0.25, 0.3) is 5.91 Å². The zero-order valence-corrected chi connectivity index (χ0v) is 26.7. The van der Waals surface area contributed by atoms with Crippen LogP contribution in [-0.2, 0) is 20.8 Å². The van der Waals surface area contributed by atoms with E-state index >= 15 is 0 Å². The summed E-state index contributed by atoms with van der Waals surface area (Å²) < 4.78 is 1.67. The maximum absolute atomic E-state index is 13.7. The van der Waals surface area contributed by atoms with Gasteiger partial charge in [0.15, 0.2) is 0 Å². The van der Waals surface area contributed by atoms with Gasteiger partial charge < -0.3 is 25.8 Å². The van der Waals surface area contributed by atoms with Gasteiger partial charge in [0.05, 0.1) is 0 Å². The van der Waals surface area contributed by atoms with Crippen LogP contribution in [0.3, 0.4) is 0 Å². The number of aromatic nitrogens is 2. The van der Waals surface area contributed by atoms with E-state index < -0.39 is 12.1 Å². The highest BCUT2D eigenvalue weighted by atomic mass is 16.2. The number of amides is 4. The highest BCUT2D eigenvalue weighted by molar-refractivity contribution is 6.00. The molecule has 0 spiro atoms. The second-order valence-electron chi connectivity index (χ2n) is 12.5. The molecule has 240 valence electrons. The summed E-state index contributed by atoms with van der Waals surface area (Å²) in [6, 6.07) is 7.74. The van der Waals surface area contributed by atoms with Crippen molar-refractivity contribution in [3.05, 3.63) is 47.8 Å². The van der Waals surface area contributed by atoms with Gasteiger partial charge in [-0.25, -0.2) is 0 Å². The van der Waals surface area contributed by atoms with E-state index in [2.05, 4.69) is 25.9 Å². The highest BCUT2D eigenvalue weighted by Gasteiger charge is 2.32. The molecule has 4 amide bonds. The van der Waals surface area contributed by atoms with E-state index in [4.69, 9.17) is 0 Å². The number of piperazine rings is 1. The molecule has 1 saturated carbocycles. The van der Waals surface area contributed by atoms with Crippen LogP contribution in [0.5, 0.6) is 0 Å². The summed E-state index contributed by atoms with van der Waals surface area (Å²) in [7, 11) is 2.04. The van der Waals surface area contributed by atoms with Gasteiger partial charge in [0.1, 0.15) is 17.8 Å². The van der Waals surface area contributed by atoms with Crippen molar-refractivity contribution >= 4 is 29.3 Å². The summed E-state index contributed by atoms with van der Waals surface area (Å²) in [6.45, 7) is 8.58. The Hall–Kier alpha value is -3.73. The molecule has 2 aromatic rings. The van der Waals surface area contributed by atoms with E-state index in [-0.39, 0.29) is 35.6 Å². The molecular formula is C33H49N7O4. The predicted octanol–water partition coefficient (Wildman–Crippen LogP) is 3.38. The molecule has 1 aromatic heterocycles. The van der Waals surface area contributed by atoms with Gasteiger partial charge in [-0.05, 0) is 63.4 Å². The molecule has 1 aliphatic carbocycles. The molecule has 3 N–H and O–H groups in total. The minimum Gasteiger partial charge on any atom is -0.344 e. The first kappa shape index (κ1) is 33.2. The van der Waals surface area contributed by atoms with Crippen molar-refractivity contribution in [2.75, 3.05) is 38.5 Å². The zero-order valence-electron chi connectivity index (χ0n) is 26.7. The lowest BCUT2D eigenvalue weighted by molar-refractivity contribution is -0.137. The molecular weight excluding hydrogens is 558 g/mol. The number of nitrogens with one attached hydrogen (secondary N) is 3. The van der Waals surface area contributed by atoms with Crippen LogP contribution in [0.25, 0.3) is 0 Å². The molecule has 44 heavy (non-hydrogen) atoms. The van der Waals surface area contributed by atoms with E-state index in [0.717, 1.165) is 57.2 Å². The lowest BCUT2D eigenvalue weighted by Gasteiger charge is -2.34. The van der Waals surface area contributed by atoms with Crippen molar-refractivity contribution in [1.29, 1.82) is 0 Å². The number of benzene rings is 1. The van der Waals surface area contributed by atoms with Gasteiger partial charge in [-0.2, -0.15) is 5.10 Å². The Morgan fingerprint density at radius 1 is 0.909 bits per heavy atom. The van der Waals surface area contributed by atoms with E-state index in [9.17, 15) is 19.2 Å². The predicted molar refractivity (Wildman–Crippen MR) is 170 cm³/mol. The van der Waals surface area contributed by atoms with Crippen LogP contribution in [0, 0.1) is 5.92 Å². The number of rotatable bonds is 11. The zero-order chi connectivity index (χ0) is 31.6. The van der Waals surface area contributed by atoms with Crippen LogP contribution in [-0.4, -0.2) is 88.5 Å². The van der Waals surface area contributed by atoms with Crippen LogP contribution < -0.4 is 16.0 Å². The number of nitrogens with zero attached hydrogens (tertiary/aromatic N) is 4. The van der Waals surface area contributed by atoms with E-state index in [1.54, 1.807) is 23.9 Å². The third-order valence-corrected chi connectivity index (χ3v) is 8.76. The second kappa shape index (κ2) is 15.8. The van der Waals surface area contributed by atoms with Crippen molar-refractivity contribution in [2.24, 2.45) is 5.92 Å². The maximum Gasteiger partial charge on any atom is 0.270 e. The second-order valence-corrected chi connectivity index (χ2v) is 12.5. The van der Waals surface area contributed by atoms with Crippen molar-refractivity contribution in [3.63, 3.8) is 0 Å². The normalized spacial score (nSPS) is 17.9. The van der Waals surface area contributed by atoms with Crippen LogP contribution in [0.4, 0.5) is 5.69 Å². The molecule has 2 fully saturated rings. The van der Waals surface area contributed by atoms with E-state index in [1.165, 1.54) is 0 Å². The van der Waals surface area contributed by atoms with Gasteiger partial charge in [-0.3, -0.25) is 23.9 Å². The Bertz CT molecular complexity index is 1260. The molecule has 1 aromatic carbocycles. The minimum absolute atomic E-state index is 0.0150. The summed E-state index contributed by atoms with van der Waals surface area (Å²) in [5, 5.41) is 13.3. The first-order valence-electron chi connectivity index (χ1n) is 16.2. The van der Waals surface area contributed by atoms with Crippen molar-refractivity contribution in [1.82, 2.24) is 30.2 Å². The summed E-state index contributed by atoms with van der Waals surface area (Å²) in [5.74, 6) is -0.741. The van der Waals surface area contributed by atoms with Crippen molar-refractivity contribution in [2.45, 2.75) is 90.3 Å². The SMILES string of the molecule is CCC(=O)N[C@H](Cc1ccc(NC(=O)[C@@H](NC(=O)c2ccnn2C(C)C)C2CCCCCC2)cc1)C(=O)N1CCN(C)CC1. The average Bonchev–Trinajstić information content (AvgIpc) is 3.37. The number of hydrogen-bond acceptors (Lipinski definition) is 6. The third kappa shape index (κ3) is 8.90. The standard InChI is InChI=1S/C33H49N7O4/c1-5-29(41)36-27(33(44)39-20-18-38(4)19-21-39)22-24-12-14-26(15-13-24)35-32(43)30(25-10-8-6-7-9-11-25)37-31(42)28-16-17-34-40(28)23(2)3/h12-17,23,25,27,30H,5-11,18-22H2,1-4H3,(H,35,43)(H,36,41)(H,37,42)/t27-,30+/m1/s1. The van der Waals surface area contributed by atoms with Crippen LogP contribution >= 0.6 is 0 Å². The maximum atomic E-state index is 13.7. The van der Waals surface area contributed by atoms with Gasteiger partial charge >= 0.3 is 0 Å². The number of carbonyl (C=O) groups excluding carboxylic acids is 4. The Balaban J connectivity index is 1.45. The van der Waals surface area contributed by atoms with Crippen LogP contribution in [0.15, 0.2) is 36.5 Å². The monoisotopic (exact) mass is 607 g/mol. The summed E-state index contributed by atoms with van der Waals surface area (Å²) in [6.07, 6.45) is 8.37. The summed E-state index contributed by atoms with van der Waals surface area (Å²) in [5.41, 5.74) is 1.92. The van der Waals surface area contributed by atoms with Crippen molar-refractivity contribution in [3.8, 4) is 0 Å². The smallest absolute Gasteiger partial charge is 0.270 e. The Morgan fingerprint density at radius 2 is 1.57 bits per heavy atom. The molecule has 0 radical (unpaired) electrons. The highest BCUT2D eigenvalue weighted by Crippen LogP contribution is 2.27. The number of hydrogen-bond donors (Lipinski definition) is 3. The molecule has 2 aliphatic rings. The Kier molecular flexibility index (Phi) is 11.9. The topological polar surface area (TPSA) is 129 Å². The average molecular weight is 608 g/mol. The molecule has 1 aliphatic heterocycles. The molecule has 0 bridgehead atoms. The first-order valence-corrected chi connectivity index (χ1v) is 16.2. The minimum atomic E-state index is -0.675. The van der Waals surface area contributed by atoms with E-state index in [0.29, 0.717) is 37.3 Å². The van der Waals surface area contributed by atoms with Gasteiger partial charge in [0, 0.05) is 56.9 Å². The number of carbonyl (C=O) groups is 4. The fourth-order valence-corrected chi connectivity index (χ4v) is 6.09. The molecule has 1 saturated heterocycles. The number of anilines is 1. The lowest BCUT2D eigenvalue weighted by Crippen LogP contribution is -2.54. The van der Waals surface area contributed by atoms with Gasteiger partial charge in [-0.1, -0.05) is 44.7 Å². The van der Waals surface area contributed by atoms with Crippen LogP contribution in [0.2, 0.25) is 0 Å². The molecule has 0 unspecified atom stereocenters. The molecule has 2 atom stereocenters. The van der Waals surface area contributed by atoms with Crippen molar-refractivity contribution < 1.29 is 19.2 Å². The third-order valence-electron chi connectivity index (χ3n) is 8.76. The quantitative estimate of drug-likeness (QED) is 0.336. The fraction of sp³-hybridized carbons (Fsp3) is 0.606. The van der Waals surface area contributed by atoms with Crippen LogP contribution in [0.1, 0.15) is 87.8 Å². The fourth-order valence-electron chi connectivity index (χ4n) is 6.09. The molecule has 4 rings (SSSR count). The summed E-state index contributed by atoms with van der Waals surface area (Å²) in [4.78, 5) is 56.7. The largest absolute Gasteiger partial charge is 0.344 e. The van der Waals surface area contributed by atoms with Gasteiger partial charge in [0.2, 0.25) is 17.7 Å². The van der Waals surface area contributed by atoms with Gasteiger partial charge in [-0.15, -0.1) is 0 Å². The Labute approximate surface area is 261 Å². The lowest BCUT2D eigenvalue weighted by atomic mass is 9.91. The van der Waals surface area contributed by atoms with E-state index in [1.807, 2.05) is 50.1 Å². The Morgan fingerprint density at radius 3 is 2.18 bits per heavy atom. The first-order chi connectivity index (χ1) is 21.2. The summed E-state index contributed by atoms with van der Waals surface area (Å²) >= 11 is 0. The number of likely N-dealkylation sites (N-methyl/N-ethyl adjacent to an activating group) is 1.